The molecule has 5 heteroatoms. The molecule has 1 aromatic carbocycles. The van der Waals surface area contributed by atoms with Gasteiger partial charge in [-0.25, -0.2) is 4.39 Å². The number of nitrogens with zero attached hydrogens (tertiary/aromatic N) is 2. The van der Waals surface area contributed by atoms with Crippen LogP contribution >= 0.6 is 0 Å². The first-order valence-corrected chi connectivity index (χ1v) is 6.83. The zero-order valence-electron chi connectivity index (χ0n) is 11.4. The number of halogens is 1. The van der Waals surface area contributed by atoms with Crippen LogP contribution in [-0.4, -0.2) is 26.9 Å². The topological polar surface area (TPSA) is 53.4 Å². The predicted octanol–water partition coefficient (Wildman–Crippen LogP) is 2.73. The molecule has 1 fully saturated rings. The molecule has 21 heavy (non-hydrogen) atoms. The molecular formula is C16H15FN2O2. The van der Waals surface area contributed by atoms with Gasteiger partial charge in [0, 0.05) is 18.8 Å². The summed E-state index contributed by atoms with van der Waals surface area (Å²) in [6.07, 6.45) is 4.62. The lowest BCUT2D eigenvalue weighted by atomic mass is 10.1. The largest absolute Gasteiger partial charge is 0.506 e. The maximum Gasteiger partial charge on any atom is 0.256 e. The van der Waals surface area contributed by atoms with Crippen LogP contribution in [0.25, 0.3) is 0 Å². The quantitative estimate of drug-likeness (QED) is 0.940. The van der Waals surface area contributed by atoms with E-state index in [1.54, 1.807) is 17.0 Å². The van der Waals surface area contributed by atoms with Crippen molar-refractivity contribution in [3.63, 3.8) is 0 Å². The Morgan fingerprint density at radius 1 is 1.33 bits per heavy atom. The number of pyridine rings is 1. The molecule has 0 saturated heterocycles. The molecule has 1 aliphatic carbocycles. The van der Waals surface area contributed by atoms with E-state index in [2.05, 4.69) is 4.98 Å². The summed E-state index contributed by atoms with van der Waals surface area (Å²) in [6, 6.07) is 7.83. The molecule has 0 radical (unpaired) electrons. The normalized spacial score (nSPS) is 14.0. The van der Waals surface area contributed by atoms with E-state index in [-0.39, 0.29) is 23.5 Å². The average molecular weight is 286 g/mol. The van der Waals surface area contributed by atoms with Crippen LogP contribution < -0.4 is 0 Å². The Labute approximate surface area is 121 Å². The molecule has 1 heterocycles. The van der Waals surface area contributed by atoms with Crippen molar-refractivity contribution in [3.8, 4) is 5.75 Å². The number of benzene rings is 1. The van der Waals surface area contributed by atoms with Gasteiger partial charge in [-0.05, 0) is 36.6 Å². The monoisotopic (exact) mass is 286 g/mol. The number of rotatable bonds is 4. The first kappa shape index (κ1) is 13.5. The lowest BCUT2D eigenvalue weighted by Gasteiger charge is -2.22. The summed E-state index contributed by atoms with van der Waals surface area (Å²) < 4.78 is 13.3. The number of aromatic hydroxyl groups is 1. The summed E-state index contributed by atoms with van der Waals surface area (Å²) in [6.45, 7) is 0.358. The van der Waals surface area contributed by atoms with Gasteiger partial charge < -0.3 is 10.0 Å². The van der Waals surface area contributed by atoms with Crippen LogP contribution in [-0.2, 0) is 6.54 Å². The van der Waals surface area contributed by atoms with Gasteiger partial charge in [0.2, 0.25) is 0 Å². The molecule has 0 spiro atoms. The fourth-order valence-electron chi connectivity index (χ4n) is 2.30. The molecule has 1 saturated carbocycles. The van der Waals surface area contributed by atoms with Crippen molar-refractivity contribution in [2.24, 2.45) is 0 Å². The number of carbonyl (C=O) groups excluding carboxylic acids is 1. The third-order valence-electron chi connectivity index (χ3n) is 3.46. The Hall–Kier alpha value is -2.43. The zero-order valence-corrected chi connectivity index (χ0v) is 11.4. The molecular weight excluding hydrogens is 271 g/mol. The summed E-state index contributed by atoms with van der Waals surface area (Å²) in [5, 5.41) is 9.44. The Balaban J connectivity index is 1.83. The number of carbonyl (C=O) groups is 1. The van der Waals surface area contributed by atoms with E-state index in [0.717, 1.165) is 18.4 Å². The van der Waals surface area contributed by atoms with Crippen LogP contribution in [0.5, 0.6) is 5.75 Å². The number of hydrogen-bond acceptors (Lipinski definition) is 3. The van der Waals surface area contributed by atoms with Gasteiger partial charge in [-0.3, -0.25) is 9.78 Å². The van der Waals surface area contributed by atoms with Crippen molar-refractivity contribution >= 4 is 5.91 Å². The molecule has 0 unspecified atom stereocenters. The van der Waals surface area contributed by atoms with E-state index in [1.165, 1.54) is 30.6 Å². The Morgan fingerprint density at radius 2 is 2.14 bits per heavy atom. The van der Waals surface area contributed by atoms with Crippen molar-refractivity contribution in [3.05, 3.63) is 59.7 Å². The van der Waals surface area contributed by atoms with Gasteiger partial charge in [-0.2, -0.15) is 0 Å². The minimum absolute atomic E-state index is 0.0395. The maximum atomic E-state index is 13.3. The van der Waals surface area contributed by atoms with Gasteiger partial charge in [0.15, 0.2) is 0 Å². The number of hydrogen-bond donors (Lipinski definition) is 1. The summed E-state index contributed by atoms with van der Waals surface area (Å²) in [5.74, 6) is -0.540. The summed E-state index contributed by atoms with van der Waals surface area (Å²) in [7, 11) is 0. The van der Waals surface area contributed by atoms with Crippen LogP contribution in [0.15, 0.2) is 42.7 Å². The minimum Gasteiger partial charge on any atom is -0.506 e. The summed E-state index contributed by atoms with van der Waals surface area (Å²) in [5.41, 5.74) is 1.10. The lowest BCUT2D eigenvalue weighted by molar-refractivity contribution is 0.0729. The molecule has 0 aliphatic heterocycles. The molecule has 1 aromatic heterocycles. The predicted molar refractivity (Wildman–Crippen MR) is 75.2 cm³/mol. The smallest absolute Gasteiger partial charge is 0.256 e. The average Bonchev–Trinajstić information content (AvgIpc) is 3.29. The van der Waals surface area contributed by atoms with E-state index >= 15 is 0 Å². The van der Waals surface area contributed by atoms with Crippen LogP contribution in [0.2, 0.25) is 0 Å². The molecule has 4 nitrogen and oxygen atoms in total. The Bertz CT molecular complexity index is 671. The van der Waals surface area contributed by atoms with Gasteiger partial charge in [0.05, 0.1) is 11.8 Å². The molecule has 3 rings (SSSR count). The molecule has 108 valence electrons. The van der Waals surface area contributed by atoms with Crippen LogP contribution in [0.1, 0.15) is 28.8 Å². The standard InChI is InChI=1S/C16H15FN2O2/c17-13-3-1-2-11(6-13)10-19(14-4-5-14)16(21)12-7-15(20)9-18-8-12/h1-3,6-9,14,20H,4-5,10H2. The highest BCUT2D eigenvalue weighted by atomic mass is 19.1. The van der Waals surface area contributed by atoms with E-state index in [9.17, 15) is 14.3 Å². The van der Waals surface area contributed by atoms with Crippen molar-refractivity contribution < 1.29 is 14.3 Å². The molecule has 1 amide bonds. The van der Waals surface area contributed by atoms with E-state index in [1.807, 2.05) is 0 Å². The molecule has 0 bridgehead atoms. The Kier molecular flexibility index (Phi) is 3.56. The van der Waals surface area contributed by atoms with Crippen molar-refractivity contribution in [1.29, 1.82) is 0 Å². The highest BCUT2D eigenvalue weighted by Crippen LogP contribution is 2.30. The zero-order chi connectivity index (χ0) is 14.8. The van der Waals surface area contributed by atoms with Gasteiger partial charge in [0.25, 0.3) is 5.91 Å². The second kappa shape index (κ2) is 5.52. The Morgan fingerprint density at radius 3 is 2.81 bits per heavy atom. The van der Waals surface area contributed by atoms with Gasteiger partial charge >= 0.3 is 0 Å². The lowest BCUT2D eigenvalue weighted by Crippen LogP contribution is -2.32. The summed E-state index contributed by atoms with van der Waals surface area (Å²) in [4.78, 5) is 18.1. The fraction of sp³-hybridized carbons (Fsp3) is 0.250. The first-order chi connectivity index (χ1) is 10.1. The molecule has 1 aliphatic rings. The van der Waals surface area contributed by atoms with Crippen LogP contribution in [0.4, 0.5) is 4.39 Å². The maximum absolute atomic E-state index is 13.3. The second-order valence-electron chi connectivity index (χ2n) is 5.23. The third kappa shape index (κ3) is 3.18. The van der Waals surface area contributed by atoms with E-state index in [0.29, 0.717) is 12.1 Å². The highest BCUT2D eigenvalue weighted by molar-refractivity contribution is 5.94. The van der Waals surface area contributed by atoms with Gasteiger partial charge in [-0.15, -0.1) is 0 Å². The first-order valence-electron chi connectivity index (χ1n) is 6.83. The minimum atomic E-state index is -0.310. The third-order valence-corrected chi connectivity index (χ3v) is 3.46. The molecule has 1 N–H and O–H groups in total. The van der Waals surface area contributed by atoms with E-state index < -0.39 is 0 Å². The van der Waals surface area contributed by atoms with Gasteiger partial charge in [-0.1, -0.05) is 12.1 Å². The van der Waals surface area contributed by atoms with Crippen LogP contribution in [0, 0.1) is 5.82 Å². The van der Waals surface area contributed by atoms with E-state index in [4.69, 9.17) is 0 Å². The van der Waals surface area contributed by atoms with Gasteiger partial charge in [0.1, 0.15) is 11.6 Å². The summed E-state index contributed by atoms with van der Waals surface area (Å²) >= 11 is 0. The number of amides is 1. The van der Waals surface area contributed by atoms with Crippen LogP contribution in [0.3, 0.4) is 0 Å². The van der Waals surface area contributed by atoms with Crippen molar-refractivity contribution in [2.45, 2.75) is 25.4 Å². The molecule has 2 aromatic rings. The van der Waals surface area contributed by atoms with Crippen molar-refractivity contribution in [2.75, 3.05) is 0 Å². The molecule has 0 atom stereocenters. The second-order valence-corrected chi connectivity index (χ2v) is 5.23. The highest BCUT2D eigenvalue weighted by Gasteiger charge is 2.33. The number of aromatic nitrogens is 1. The van der Waals surface area contributed by atoms with Crippen molar-refractivity contribution in [1.82, 2.24) is 9.88 Å². The SMILES string of the molecule is O=C(c1cncc(O)c1)N(Cc1cccc(F)c1)C1CC1. The fourth-order valence-corrected chi connectivity index (χ4v) is 2.30.